The molecule has 0 bridgehead atoms. The van der Waals surface area contributed by atoms with Crippen LogP contribution in [0.1, 0.15) is 12.7 Å². The highest BCUT2D eigenvalue weighted by atomic mass is 16.1. The van der Waals surface area contributed by atoms with E-state index >= 15 is 0 Å². The third-order valence-electron chi connectivity index (χ3n) is 6.53. The standard InChI is InChI=1S/C28H26N8O/c1-2-3-15-35-26-23(32-28(35)34-16-13-29-14-17-34)18-30-36(27(26)37)19-24-31-22-12-8-7-11-21(22)25(33-24)20-9-5-4-6-10-20/h4-12,18,29H,13-17,19H2,1H3. The first-order valence-corrected chi connectivity index (χ1v) is 12.4. The lowest BCUT2D eigenvalue weighted by Crippen LogP contribution is -2.44. The number of hydrogen-bond acceptors (Lipinski definition) is 7. The second-order valence-electron chi connectivity index (χ2n) is 8.87. The Morgan fingerprint density at radius 2 is 1.73 bits per heavy atom. The zero-order valence-electron chi connectivity index (χ0n) is 20.6. The van der Waals surface area contributed by atoms with Crippen LogP contribution in [0.15, 0.2) is 65.6 Å². The highest BCUT2D eigenvalue weighted by Crippen LogP contribution is 2.26. The van der Waals surface area contributed by atoms with E-state index in [4.69, 9.17) is 15.0 Å². The van der Waals surface area contributed by atoms with Gasteiger partial charge in [-0.15, -0.1) is 5.92 Å². The number of nitrogens with zero attached hydrogens (tertiary/aromatic N) is 7. The fourth-order valence-electron chi connectivity index (χ4n) is 4.75. The predicted octanol–water partition coefficient (Wildman–Crippen LogP) is 2.68. The minimum atomic E-state index is -0.234. The molecule has 1 N–H and O–H groups in total. The topological polar surface area (TPSA) is 93.8 Å². The number of piperazine rings is 1. The van der Waals surface area contributed by atoms with Crippen LogP contribution in [0.3, 0.4) is 0 Å². The molecule has 0 spiro atoms. The van der Waals surface area contributed by atoms with Crippen LogP contribution in [0.5, 0.6) is 0 Å². The molecule has 0 amide bonds. The Morgan fingerprint density at radius 1 is 0.946 bits per heavy atom. The highest BCUT2D eigenvalue weighted by molar-refractivity contribution is 5.92. The second-order valence-corrected chi connectivity index (χ2v) is 8.87. The maximum atomic E-state index is 13.7. The molecule has 0 radical (unpaired) electrons. The molecule has 9 heteroatoms. The van der Waals surface area contributed by atoms with Gasteiger partial charge < -0.3 is 10.2 Å². The van der Waals surface area contributed by atoms with Gasteiger partial charge in [0.25, 0.3) is 5.56 Å². The number of rotatable bonds is 5. The van der Waals surface area contributed by atoms with E-state index in [-0.39, 0.29) is 12.1 Å². The van der Waals surface area contributed by atoms with Gasteiger partial charge in [0.15, 0.2) is 5.82 Å². The van der Waals surface area contributed by atoms with Crippen molar-refractivity contribution in [1.82, 2.24) is 34.6 Å². The van der Waals surface area contributed by atoms with Crippen molar-refractivity contribution < 1.29 is 0 Å². The fourth-order valence-corrected chi connectivity index (χ4v) is 4.75. The third kappa shape index (κ3) is 4.32. The van der Waals surface area contributed by atoms with Gasteiger partial charge in [0.1, 0.15) is 17.6 Å². The monoisotopic (exact) mass is 490 g/mol. The summed E-state index contributed by atoms with van der Waals surface area (Å²) in [4.78, 5) is 30.3. The quantitative estimate of drug-likeness (QED) is 0.379. The number of para-hydroxylation sites is 1. The molecule has 4 heterocycles. The average Bonchev–Trinajstić information content (AvgIpc) is 3.33. The zero-order chi connectivity index (χ0) is 25.2. The first-order valence-electron chi connectivity index (χ1n) is 12.4. The lowest BCUT2D eigenvalue weighted by molar-refractivity contribution is 0.572. The van der Waals surface area contributed by atoms with Crippen LogP contribution in [0, 0.1) is 11.8 Å². The van der Waals surface area contributed by atoms with E-state index in [1.165, 1.54) is 4.68 Å². The van der Waals surface area contributed by atoms with Crippen molar-refractivity contribution in [2.24, 2.45) is 0 Å². The van der Waals surface area contributed by atoms with Gasteiger partial charge in [0.05, 0.1) is 24.0 Å². The van der Waals surface area contributed by atoms with E-state index in [1.807, 2.05) is 59.2 Å². The summed E-state index contributed by atoms with van der Waals surface area (Å²) in [6, 6.07) is 17.9. The Balaban J connectivity index is 1.46. The van der Waals surface area contributed by atoms with Crippen LogP contribution in [0.4, 0.5) is 5.95 Å². The van der Waals surface area contributed by atoms with E-state index in [2.05, 4.69) is 27.2 Å². The van der Waals surface area contributed by atoms with Gasteiger partial charge in [-0.2, -0.15) is 5.10 Å². The molecule has 37 heavy (non-hydrogen) atoms. The van der Waals surface area contributed by atoms with Gasteiger partial charge in [-0.25, -0.2) is 19.6 Å². The summed E-state index contributed by atoms with van der Waals surface area (Å²) >= 11 is 0. The minimum Gasteiger partial charge on any atom is -0.340 e. The summed E-state index contributed by atoms with van der Waals surface area (Å²) in [7, 11) is 0. The van der Waals surface area contributed by atoms with Crippen LogP contribution in [-0.4, -0.2) is 55.5 Å². The van der Waals surface area contributed by atoms with Crippen LogP contribution in [0.25, 0.3) is 33.2 Å². The maximum absolute atomic E-state index is 13.7. The fraction of sp³-hybridized carbons (Fsp3) is 0.250. The Kier molecular flexibility index (Phi) is 6.08. The van der Waals surface area contributed by atoms with Crippen molar-refractivity contribution in [2.45, 2.75) is 20.0 Å². The first-order chi connectivity index (χ1) is 18.2. The third-order valence-corrected chi connectivity index (χ3v) is 6.53. The van der Waals surface area contributed by atoms with Gasteiger partial charge >= 0.3 is 0 Å². The highest BCUT2D eigenvalue weighted by Gasteiger charge is 2.22. The van der Waals surface area contributed by atoms with Crippen LogP contribution in [0.2, 0.25) is 0 Å². The second kappa shape index (κ2) is 9.84. The molecule has 184 valence electrons. The van der Waals surface area contributed by atoms with Crippen LogP contribution >= 0.6 is 0 Å². The van der Waals surface area contributed by atoms with Gasteiger partial charge in [0.2, 0.25) is 5.95 Å². The Labute approximate surface area is 213 Å². The van der Waals surface area contributed by atoms with Crippen molar-refractivity contribution in [3.63, 3.8) is 0 Å². The van der Waals surface area contributed by atoms with E-state index in [0.717, 1.165) is 54.3 Å². The molecular weight excluding hydrogens is 464 g/mol. The number of aromatic nitrogens is 6. The number of anilines is 1. The molecule has 5 aromatic rings. The Hall–Kier alpha value is -4.55. The van der Waals surface area contributed by atoms with Gasteiger partial charge in [-0.1, -0.05) is 54.5 Å². The molecule has 1 saturated heterocycles. The van der Waals surface area contributed by atoms with E-state index < -0.39 is 0 Å². The summed E-state index contributed by atoms with van der Waals surface area (Å²) < 4.78 is 3.33. The molecule has 9 nitrogen and oxygen atoms in total. The molecule has 6 rings (SSSR count). The molecule has 2 aromatic carbocycles. The predicted molar refractivity (Wildman–Crippen MR) is 144 cm³/mol. The number of imidazole rings is 1. The molecule has 0 aliphatic carbocycles. The largest absolute Gasteiger partial charge is 0.340 e. The zero-order valence-corrected chi connectivity index (χ0v) is 20.6. The summed E-state index contributed by atoms with van der Waals surface area (Å²) in [5.41, 5.74) is 3.48. The average molecular weight is 491 g/mol. The molecule has 0 saturated carbocycles. The summed E-state index contributed by atoms with van der Waals surface area (Å²) in [5.74, 6) is 7.32. The molecular formula is C28H26N8O. The number of nitrogens with one attached hydrogen (secondary N) is 1. The lowest BCUT2D eigenvalue weighted by Gasteiger charge is -2.28. The molecule has 1 aliphatic heterocycles. The van der Waals surface area contributed by atoms with Crippen molar-refractivity contribution in [3.8, 4) is 23.1 Å². The van der Waals surface area contributed by atoms with Gasteiger partial charge in [0, 0.05) is 37.1 Å². The Bertz CT molecular complexity index is 1710. The van der Waals surface area contributed by atoms with Crippen molar-refractivity contribution >= 4 is 27.9 Å². The van der Waals surface area contributed by atoms with E-state index in [9.17, 15) is 4.79 Å². The minimum absolute atomic E-state index is 0.146. The smallest absolute Gasteiger partial charge is 0.293 e. The van der Waals surface area contributed by atoms with Crippen molar-refractivity contribution in [3.05, 3.63) is 77.0 Å². The molecule has 0 unspecified atom stereocenters. The normalized spacial score (nSPS) is 13.6. The van der Waals surface area contributed by atoms with Crippen molar-refractivity contribution in [2.75, 3.05) is 31.1 Å². The molecule has 1 fully saturated rings. The van der Waals surface area contributed by atoms with Gasteiger partial charge in [-0.3, -0.25) is 9.36 Å². The molecule has 0 atom stereocenters. The first kappa shape index (κ1) is 22.9. The SMILES string of the molecule is CC#CCn1c(N2CCNCC2)nc2cnn(Cc3nc(-c4ccccc4)c4ccccc4n3)c(=O)c21. The summed E-state index contributed by atoms with van der Waals surface area (Å²) in [6.07, 6.45) is 1.65. The Morgan fingerprint density at radius 3 is 2.54 bits per heavy atom. The van der Waals surface area contributed by atoms with Crippen molar-refractivity contribution in [1.29, 1.82) is 0 Å². The summed E-state index contributed by atoms with van der Waals surface area (Å²) in [5, 5.41) is 8.77. The van der Waals surface area contributed by atoms with Gasteiger partial charge in [-0.05, 0) is 13.0 Å². The van der Waals surface area contributed by atoms with Crippen LogP contribution < -0.4 is 15.8 Å². The molecule has 1 aliphatic rings. The summed E-state index contributed by atoms with van der Waals surface area (Å²) in [6.45, 7) is 5.70. The molecule has 3 aromatic heterocycles. The van der Waals surface area contributed by atoms with E-state index in [0.29, 0.717) is 23.4 Å². The van der Waals surface area contributed by atoms with E-state index in [1.54, 1.807) is 13.1 Å². The number of hydrogen-bond donors (Lipinski definition) is 1. The van der Waals surface area contributed by atoms with Crippen LogP contribution in [-0.2, 0) is 13.1 Å². The number of benzene rings is 2. The number of fused-ring (bicyclic) bond motifs is 2. The maximum Gasteiger partial charge on any atom is 0.293 e. The lowest BCUT2D eigenvalue weighted by atomic mass is 10.1.